The number of hydrogen-bond donors (Lipinski definition) is 1. The van der Waals surface area contributed by atoms with Crippen LogP contribution in [0.3, 0.4) is 0 Å². The third-order valence-corrected chi connectivity index (χ3v) is 8.13. The van der Waals surface area contributed by atoms with Crippen molar-refractivity contribution in [3.05, 3.63) is 29.8 Å². The van der Waals surface area contributed by atoms with E-state index in [4.69, 9.17) is 4.55 Å². The number of hydrogen-bond acceptors (Lipinski definition) is 2. The Balaban J connectivity index is 0.000000918. The van der Waals surface area contributed by atoms with Crippen LogP contribution in [-0.2, 0) is 10.1 Å². The van der Waals surface area contributed by atoms with Gasteiger partial charge in [-0.15, -0.1) is 0 Å². The van der Waals surface area contributed by atoms with Gasteiger partial charge in [0.2, 0.25) is 0 Å². The molecule has 36 heavy (non-hydrogen) atoms. The summed E-state index contributed by atoms with van der Waals surface area (Å²) in [7, 11) is -4.02. The Kier molecular flexibility index (Phi) is 21.5. The first-order valence-electron chi connectivity index (χ1n) is 15.1. The van der Waals surface area contributed by atoms with Gasteiger partial charge in [-0.1, -0.05) is 96.8 Å². The highest BCUT2D eigenvalue weighted by Gasteiger charge is 2.25. The van der Waals surface area contributed by atoms with E-state index in [1.54, 1.807) is 12.1 Å². The van der Waals surface area contributed by atoms with Crippen molar-refractivity contribution in [3.8, 4) is 0 Å². The maximum atomic E-state index is 10.5. The van der Waals surface area contributed by atoms with Crippen molar-refractivity contribution in [1.82, 2.24) is 0 Å². The van der Waals surface area contributed by atoms with Gasteiger partial charge in [0, 0.05) is 0 Å². The van der Waals surface area contributed by atoms with E-state index in [0.29, 0.717) is 0 Å². The number of rotatable bonds is 21. The lowest BCUT2D eigenvalue weighted by Gasteiger charge is -2.39. The molecule has 0 fully saturated rings. The Bertz CT molecular complexity index is 662. The molecule has 0 aliphatic carbocycles. The molecule has 1 aromatic rings. The molecule has 1 N–H and O–H groups in total. The van der Waals surface area contributed by atoms with Crippen molar-refractivity contribution in [2.24, 2.45) is 0 Å². The minimum absolute atomic E-state index is 0.0666. The highest BCUT2D eigenvalue weighted by Crippen LogP contribution is 2.19. The monoisotopic (exact) mass is 526 g/mol. The molecule has 0 heterocycles. The molecule has 0 spiro atoms. The van der Waals surface area contributed by atoms with Crippen LogP contribution in [0, 0.1) is 6.92 Å². The van der Waals surface area contributed by atoms with E-state index >= 15 is 0 Å². The summed E-state index contributed by atoms with van der Waals surface area (Å²) in [4.78, 5) is -0.0666. The fourth-order valence-corrected chi connectivity index (χ4v) is 5.36. The third kappa shape index (κ3) is 18.4. The molecular formula is C31H60NO3S+. The van der Waals surface area contributed by atoms with E-state index in [9.17, 15) is 8.42 Å². The van der Waals surface area contributed by atoms with E-state index in [1.807, 2.05) is 6.92 Å². The first-order chi connectivity index (χ1) is 17.2. The topological polar surface area (TPSA) is 54.4 Å². The Morgan fingerprint density at radius 2 is 0.861 bits per heavy atom. The van der Waals surface area contributed by atoms with Gasteiger partial charge in [0.25, 0.3) is 10.1 Å². The second kappa shape index (κ2) is 22.1. The molecule has 1 aromatic carbocycles. The van der Waals surface area contributed by atoms with Crippen LogP contribution in [0.4, 0.5) is 0 Å². The second-order valence-electron chi connectivity index (χ2n) is 10.8. The Morgan fingerprint density at radius 3 is 1.11 bits per heavy atom. The fraction of sp³-hybridized carbons (Fsp3) is 0.806. The minimum Gasteiger partial charge on any atom is -0.324 e. The highest BCUT2D eigenvalue weighted by atomic mass is 32.2. The molecule has 0 radical (unpaired) electrons. The summed E-state index contributed by atoms with van der Waals surface area (Å²) in [5.74, 6) is 0. The van der Waals surface area contributed by atoms with Crippen LogP contribution in [0.25, 0.3) is 0 Å². The lowest BCUT2D eigenvalue weighted by Crippen LogP contribution is -2.50. The maximum absolute atomic E-state index is 10.5. The van der Waals surface area contributed by atoms with Gasteiger partial charge in [-0.05, 0) is 70.4 Å². The number of benzene rings is 1. The predicted octanol–water partition coefficient (Wildman–Crippen LogP) is 9.37. The van der Waals surface area contributed by atoms with Gasteiger partial charge in [-0.3, -0.25) is 4.55 Å². The molecular weight excluding hydrogens is 466 g/mol. The van der Waals surface area contributed by atoms with Gasteiger partial charge in [0.1, 0.15) is 0 Å². The summed E-state index contributed by atoms with van der Waals surface area (Å²) in [5.41, 5.74) is 0.956. The number of nitrogens with zero attached hydrogens (tertiary/aromatic N) is 1. The molecule has 4 nitrogen and oxygen atoms in total. The zero-order valence-corrected chi connectivity index (χ0v) is 25.4. The van der Waals surface area contributed by atoms with Crippen molar-refractivity contribution in [2.45, 2.75) is 142 Å². The molecule has 0 amide bonds. The quantitative estimate of drug-likeness (QED) is 0.0986. The van der Waals surface area contributed by atoms with Crippen LogP contribution < -0.4 is 0 Å². The number of aryl methyl sites for hydroxylation is 1. The van der Waals surface area contributed by atoms with Crippen LogP contribution in [0.5, 0.6) is 0 Å². The zero-order chi connectivity index (χ0) is 27.1. The largest absolute Gasteiger partial charge is 0.324 e. The van der Waals surface area contributed by atoms with Crippen LogP contribution in [0.15, 0.2) is 29.2 Å². The lowest BCUT2D eigenvalue weighted by atomic mass is 10.1. The van der Waals surface area contributed by atoms with Crippen LogP contribution >= 0.6 is 0 Å². The molecule has 0 aliphatic heterocycles. The zero-order valence-electron chi connectivity index (χ0n) is 24.6. The molecule has 0 saturated carbocycles. The van der Waals surface area contributed by atoms with E-state index < -0.39 is 10.1 Å². The number of unbranched alkanes of at least 4 members (excludes halogenated alkanes) is 12. The smallest absolute Gasteiger partial charge is 0.294 e. The summed E-state index contributed by atoms with van der Waals surface area (Å²) in [6.07, 6.45) is 22.8. The summed E-state index contributed by atoms with van der Waals surface area (Å²) >= 11 is 0. The Morgan fingerprint density at radius 1 is 0.556 bits per heavy atom. The molecule has 0 unspecified atom stereocenters. The van der Waals surface area contributed by atoms with Gasteiger partial charge in [-0.2, -0.15) is 8.42 Å². The Labute approximate surface area is 225 Å². The predicted molar refractivity (Wildman–Crippen MR) is 157 cm³/mol. The average Bonchev–Trinajstić information content (AvgIpc) is 2.85. The van der Waals surface area contributed by atoms with Crippen molar-refractivity contribution < 1.29 is 17.5 Å². The first-order valence-corrected chi connectivity index (χ1v) is 16.6. The van der Waals surface area contributed by atoms with E-state index in [1.165, 1.54) is 146 Å². The highest BCUT2D eigenvalue weighted by molar-refractivity contribution is 7.85. The summed E-state index contributed by atoms with van der Waals surface area (Å²) < 4.78 is 31.0. The van der Waals surface area contributed by atoms with Gasteiger partial charge in [-0.25, -0.2) is 0 Å². The molecule has 0 aliphatic rings. The van der Waals surface area contributed by atoms with E-state index in [-0.39, 0.29) is 4.90 Å². The summed E-state index contributed by atoms with van der Waals surface area (Å²) in [6.45, 7) is 17.0. The van der Waals surface area contributed by atoms with Gasteiger partial charge in [0.05, 0.1) is 31.1 Å². The number of quaternary nitrogens is 1. The molecule has 0 saturated heterocycles. The second-order valence-corrected chi connectivity index (χ2v) is 12.2. The molecule has 0 aromatic heterocycles. The summed E-state index contributed by atoms with van der Waals surface area (Å²) in [5, 5.41) is 0. The first kappa shape index (κ1) is 35.1. The van der Waals surface area contributed by atoms with Crippen LogP contribution in [-0.4, -0.2) is 43.6 Å². The third-order valence-electron chi connectivity index (χ3n) is 7.26. The molecule has 1 rings (SSSR count). The van der Waals surface area contributed by atoms with E-state index in [0.717, 1.165) is 5.56 Å². The lowest BCUT2D eigenvalue weighted by molar-refractivity contribution is -0.929. The Hall–Kier alpha value is -0.910. The molecule has 0 atom stereocenters. The minimum atomic E-state index is -4.02. The van der Waals surface area contributed by atoms with Gasteiger partial charge < -0.3 is 4.48 Å². The maximum Gasteiger partial charge on any atom is 0.294 e. The van der Waals surface area contributed by atoms with Crippen molar-refractivity contribution >= 4 is 10.1 Å². The normalized spacial score (nSPS) is 11.8. The van der Waals surface area contributed by atoms with Crippen molar-refractivity contribution in [1.29, 1.82) is 0 Å². The average molecular weight is 527 g/mol. The van der Waals surface area contributed by atoms with Gasteiger partial charge in [0.15, 0.2) is 0 Å². The van der Waals surface area contributed by atoms with Crippen molar-refractivity contribution in [3.63, 3.8) is 0 Å². The molecule has 0 bridgehead atoms. The van der Waals surface area contributed by atoms with E-state index in [2.05, 4.69) is 27.7 Å². The van der Waals surface area contributed by atoms with Gasteiger partial charge >= 0.3 is 0 Å². The SMILES string of the molecule is CCCCCC[N+](CCCCCC)(CCCCCC)CCCCCC.Cc1ccc(S(=O)(=O)O)cc1. The van der Waals surface area contributed by atoms with Crippen LogP contribution in [0.2, 0.25) is 0 Å². The van der Waals surface area contributed by atoms with Crippen molar-refractivity contribution in [2.75, 3.05) is 26.2 Å². The molecule has 212 valence electrons. The fourth-order valence-electron chi connectivity index (χ4n) is 4.88. The standard InChI is InChI=1S/C24H52N.C7H8O3S/c1-5-9-13-17-21-25(22-18-14-10-6-2,23-19-15-11-7-3)24-20-16-12-8-4;1-6-2-4-7(5-3-6)11(8,9)10/h5-24H2,1-4H3;2-5H,1H3,(H,8,9,10)/q+1;. The van der Waals surface area contributed by atoms with Crippen LogP contribution in [0.1, 0.15) is 136 Å². The summed E-state index contributed by atoms with van der Waals surface area (Å²) in [6, 6.07) is 5.99. The molecule has 5 heteroatoms.